The summed E-state index contributed by atoms with van der Waals surface area (Å²) in [6.07, 6.45) is -0.667. The van der Waals surface area contributed by atoms with Crippen molar-refractivity contribution in [1.82, 2.24) is 9.97 Å². The Morgan fingerprint density at radius 2 is 1.86 bits per heavy atom. The van der Waals surface area contributed by atoms with Crippen LogP contribution in [0.4, 0.5) is 5.95 Å². The molecule has 3 aromatic rings. The molecule has 3 rings (SSSR count). The molecule has 0 aliphatic rings. The number of carbonyl (C=O) groups is 1. The molecule has 2 aromatic carbocycles. The quantitative estimate of drug-likeness (QED) is 0.772. The maximum absolute atomic E-state index is 12.3. The zero-order valence-electron chi connectivity index (χ0n) is 11.5. The summed E-state index contributed by atoms with van der Waals surface area (Å²) in [5, 5.41) is 2.75. The number of anilines is 1. The van der Waals surface area contributed by atoms with Crippen molar-refractivity contribution in [2.75, 3.05) is 12.4 Å². The highest BCUT2D eigenvalue weighted by Crippen LogP contribution is 2.19. The number of amides is 1. The number of imidazole rings is 1. The molecule has 1 unspecified atom stereocenters. The second-order valence-electron chi connectivity index (χ2n) is 4.62. The molecule has 0 saturated carbocycles. The molecule has 21 heavy (non-hydrogen) atoms. The Morgan fingerprint density at radius 3 is 2.57 bits per heavy atom. The number of hydrogen-bond donors (Lipinski definition) is 2. The number of rotatable bonds is 4. The van der Waals surface area contributed by atoms with Gasteiger partial charge in [-0.2, -0.15) is 0 Å². The van der Waals surface area contributed by atoms with E-state index in [1.165, 1.54) is 7.11 Å². The van der Waals surface area contributed by atoms with Gasteiger partial charge >= 0.3 is 0 Å². The monoisotopic (exact) mass is 281 g/mol. The van der Waals surface area contributed by atoms with Crippen LogP contribution in [0.3, 0.4) is 0 Å². The van der Waals surface area contributed by atoms with Crippen molar-refractivity contribution in [3.05, 3.63) is 60.2 Å². The predicted molar refractivity (Wildman–Crippen MR) is 80.9 cm³/mol. The SMILES string of the molecule is COC(C(=O)Nc1nc2ccccc2[nH]1)c1ccccc1. The molecule has 0 fully saturated rings. The Morgan fingerprint density at radius 1 is 1.14 bits per heavy atom. The number of ether oxygens (including phenoxy) is 1. The van der Waals surface area contributed by atoms with Crippen molar-refractivity contribution in [3.63, 3.8) is 0 Å². The van der Waals surface area contributed by atoms with Crippen LogP contribution in [0.25, 0.3) is 11.0 Å². The van der Waals surface area contributed by atoms with Crippen molar-refractivity contribution in [2.24, 2.45) is 0 Å². The van der Waals surface area contributed by atoms with Gasteiger partial charge < -0.3 is 9.72 Å². The molecule has 0 radical (unpaired) electrons. The van der Waals surface area contributed by atoms with Crippen LogP contribution in [0.5, 0.6) is 0 Å². The summed E-state index contributed by atoms with van der Waals surface area (Å²) in [5.41, 5.74) is 2.48. The van der Waals surface area contributed by atoms with Crippen LogP contribution in [-0.4, -0.2) is 23.0 Å². The zero-order valence-corrected chi connectivity index (χ0v) is 11.5. The van der Waals surface area contributed by atoms with E-state index in [0.29, 0.717) is 5.95 Å². The van der Waals surface area contributed by atoms with Gasteiger partial charge in [-0.15, -0.1) is 0 Å². The van der Waals surface area contributed by atoms with E-state index >= 15 is 0 Å². The molecule has 0 bridgehead atoms. The molecule has 0 saturated heterocycles. The number of aromatic amines is 1. The molecular formula is C16H15N3O2. The Kier molecular flexibility index (Phi) is 3.66. The summed E-state index contributed by atoms with van der Waals surface area (Å²) >= 11 is 0. The highest BCUT2D eigenvalue weighted by Gasteiger charge is 2.20. The van der Waals surface area contributed by atoms with E-state index in [9.17, 15) is 4.79 Å². The molecule has 1 atom stereocenters. The summed E-state index contributed by atoms with van der Waals surface area (Å²) in [7, 11) is 1.51. The van der Waals surface area contributed by atoms with Crippen LogP contribution in [-0.2, 0) is 9.53 Å². The molecule has 1 amide bonds. The molecule has 0 aliphatic heterocycles. The normalized spacial score (nSPS) is 12.2. The van der Waals surface area contributed by atoms with Gasteiger partial charge in [-0.1, -0.05) is 42.5 Å². The van der Waals surface area contributed by atoms with E-state index in [1.54, 1.807) is 0 Å². The molecule has 5 nitrogen and oxygen atoms in total. The number of nitrogens with zero attached hydrogens (tertiary/aromatic N) is 1. The van der Waals surface area contributed by atoms with Gasteiger partial charge in [0.2, 0.25) is 5.95 Å². The molecule has 2 N–H and O–H groups in total. The lowest BCUT2D eigenvalue weighted by molar-refractivity contribution is -0.126. The number of aromatic nitrogens is 2. The number of hydrogen-bond acceptors (Lipinski definition) is 3. The number of benzene rings is 2. The Labute approximate surface area is 122 Å². The molecule has 1 heterocycles. The Hall–Kier alpha value is -2.66. The minimum Gasteiger partial charge on any atom is -0.367 e. The first-order valence-corrected chi connectivity index (χ1v) is 6.61. The molecule has 106 valence electrons. The maximum Gasteiger partial charge on any atom is 0.260 e. The summed E-state index contributed by atoms with van der Waals surface area (Å²) in [6.45, 7) is 0. The average Bonchev–Trinajstić information content (AvgIpc) is 2.91. The average molecular weight is 281 g/mol. The van der Waals surface area contributed by atoms with Crippen molar-refractivity contribution >= 4 is 22.9 Å². The van der Waals surface area contributed by atoms with E-state index in [0.717, 1.165) is 16.6 Å². The fourth-order valence-corrected chi connectivity index (χ4v) is 2.22. The third-order valence-corrected chi connectivity index (χ3v) is 3.21. The van der Waals surface area contributed by atoms with Gasteiger partial charge in [0.1, 0.15) is 0 Å². The van der Waals surface area contributed by atoms with Crippen LogP contribution in [0.2, 0.25) is 0 Å². The minimum atomic E-state index is -0.667. The maximum atomic E-state index is 12.3. The lowest BCUT2D eigenvalue weighted by Gasteiger charge is -2.14. The molecular weight excluding hydrogens is 266 g/mol. The van der Waals surface area contributed by atoms with Crippen molar-refractivity contribution in [3.8, 4) is 0 Å². The van der Waals surface area contributed by atoms with Crippen LogP contribution in [0.15, 0.2) is 54.6 Å². The molecule has 5 heteroatoms. The highest BCUT2D eigenvalue weighted by molar-refractivity contribution is 5.94. The number of carbonyl (C=O) groups excluding carboxylic acids is 1. The topological polar surface area (TPSA) is 67.0 Å². The largest absolute Gasteiger partial charge is 0.367 e. The lowest BCUT2D eigenvalue weighted by atomic mass is 10.1. The fraction of sp³-hybridized carbons (Fsp3) is 0.125. The van der Waals surface area contributed by atoms with Crippen LogP contribution >= 0.6 is 0 Å². The van der Waals surface area contributed by atoms with Gasteiger partial charge in [-0.3, -0.25) is 10.1 Å². The molecule has 0 spiro atoms. The standard InChI is InChI=1S/C16H15N3O2/c1-21-14(11-7-3-2-4-8-11)15(20)19-16-17-12-9-5-6-10-13(12)18-16/h2-10,14H,1H3,(H2,17,18,19,20). The van der Waals surface area contributed by atoms with Gasteiger partial charge in [-0.05, 0) is 17.7 Å². The van der Waals surface area contributed by atoms with Crippen molar-refractivity contribution < 1.29 is 9.53 Å². The van der Waals surface area contributed by atoms with Crippen LogP contribution in [0.1, 0.15) is 11.7 Å². The van der Waals surface area contributed by atoms with Gasteiger partial charge in [0, 0.05) is 7.11 Å². The summed E-state index contributed by atoms with van der Waals surface area (Å²) in [6, 6.07) is 16.9. The second-order valence-corrected chi connectivity index (χ2v) is 4.62. The van der Waals surface area contributed by atoms with E-state index < -0.39 is 6.10 Å². The summed E-state index contributed by atoms with van der Waals surface area (Å²) in [4.78, 5) is 19.7. The van der Waals surface area contributed by atoms with Crippen LogP contribution in [0, 0.1) is 0 Å². The zero-order chi connectivity index (χ0) is 14.7. The summed E-state index contributed by atoms with van der Waals surface area (Å²) in [5.74, 6) is 0.155. The number of nitrogens with one attached hydrogen (secondary N) is 2. The van der Waals surface area contributed by atoms with Gasteiger partial charge in [0.15, 0.2) is 6.10 Å². The molecule has 0 aliphatic carbocycles. The Balaban J connectivity index is 1.81. The van der Waals surface area contributed by atoms with Crippen LogP contribution < -0.4 is 5.32 Å². The Bertz CT molecular complexity index is 719. The van der Waals surface area contributed by atoms with Gasteiger partial charge in [0.25, 0.3) is 5.91 Å². The smallest absolute Gasteiger partial charge is 0.260 e. The first-order valence-electron chi connectivity index (χ1n) is 6.61. The van der Waals surface area contributed by atoms with E-state index in [2.05, 4.69) is 15.3 Å². The number of methoxy groups -OCH3 is 1. The second kappa shape index (κ2) is 5.76. The minimum absolute atomic E-state index is 0.261. The predicted octanol–water partition coefficient (Wildman–Crippen LogP) is 2.89. The first-order chi connectivity index (χ1) is 10.3. The van der Waals surface area contributed by atoms with Crippen molar-refractivity contribution in [2.45, 2.75) is 6.10 Å². The number of para-hydroxylation sites is 2. The van der Waals surface area contributed by atoms with Crippen molar-refractivity contribution in [1.29, 1.82) is 0 Å². The third-order valence-electron chi connectivity index (χ3n) is 3.21. The lowest BCUT2D eigenvalue weighted by Crippen LogP contribution is -2.23. The van der Waals surface area contributed by atoms with Gasteiger partial charge in [0.05, 0.1) is 11.0 Å². The third kappa shape index (κ3) is 2.78. The highest BCUT2D eigenvalue weighted by atomic mass is 16.5. The number of fused-ring (bicyclic) bond motifs is 1. The number of H-pyrrole nitrogens is 1. The van der Waals surface area contributed by atoms with E-state index in [4.69, 9.17) is 4.74 Å². The van der Waals surface area contributed by atoms with Gasteiger partial charge in [-0.25, -0.2) is 4.98 Å². The first kappa shape index (κ1) is 13.3. The van der Waals surface area contributed by atoms with E-state index in [-0.39, 0.29) is 5.91 Å². The van der Waals surface area contributed by atoms with E-state index in [1.807, 2.05) is 54.6 Å². The fourth-order valence-electron chi connectivity index (χ4n) is 2.22. The molecule has 1 aromatic heterocycles. The summed E-state index contributed by atoms with van der Waals surface area (Å²) < 4.78 is 5.29.